The minimum Gasteiger partial charge on any atom is -0.321 e. The third kappa shape index (κ3) is 3.29. The van der Waals surface area contributed by atoms with Gasteiger partial charge in [-0.15, -0.1) is 0 Å². The molecule has 1 aliphatic heterocycles. The lowest BCUT2D eigenvalue weighted by Gasteiger charge is -2.31. The van der Waals surface area contributed by atoms with Gasteiger partial charge in [0.15, 0.2) is 4.91 Å². The Kier molecular flexibility index (Phi) is 4.95. The van der Waals surface area contributed by atoms with E-state index in [9.17, 15) is 13.2 Å². The fourth-order valence-corrected chi connectivity index (χ4v) is 5.11. The number of carbonyl (C=O) groups excluding carboxylic acids is 1. The van der Waals surface area contributed by atoms with Crippen LogP contribution in [0, 0.1) is 13.8 Å². The lowest BCUT2D eigenvalue weighted by Crippen LogP contribution is -2.37. The maximum absolute atomic E-state index is 13.5. The minimum absolute atomic E-state index is 0.254. The SMILES string of the molecule is Cc1ccc(C)c(NC(=O)C2=C(c3ccccc3)c3ccccc3N(C)S2(=O)=O)c1. The zero-order chi connectivity index (χ0) is 21.5. The van der Waals surface area contributed by atoms with Gasteiger partial charge in [-0.3, -0.25) is 9.10 Å². The summed E-state index contributed by atoms with van der Waals surface area (Å²) in [6, 6.07) is 22.0. The molecule has 4 rings (SSSR count). The highest BCUT2D eigenvalue weighted by Crippen LogP contribution is 2.42. The van der Waals surface area contributed by atoms with E-state index in [0.717, 1.165) is 11.1 Å². The van der Waals surface area contributed by atoms with Gasteiger partial charge in [0, 0.05) is 23.9 Å². The van der Waals surface area contributed by atoms with Crippen molar-refractivity contribution in [2.75, 3.05) is 16.7 Å². The molecule has 0 aromatic heterocycles. The zero-order valence-electron chi connectivity index (χ0n) is 17.0. The Morgan fingerprint density at radius 1 is 0.900 bits per heavy atom. The lowest BCUT2D eigenvalue weighted by molar-refractivity contribution is -0.112. The molecule has 152 valence electrons. The summed E-state index contributed by atoms with van der Waals surface area (Å²) in [6.07, 6.45) is 0. The first-order valence-electron chi connectivity index (χ1n) is 9.57. The lowest BCUT2D eigenvalue weighted by atomic mass is 9.95. The van der Waals surface area contributed by atoms with Gasteiger partial charge in [0.25, 0.3) is 15.9 Å². The number of amides is 1. The van der Waals surface area contributed by atoms with Crippen LogP contribution in [0.3, 0.4) is 0 Å². The number of aryl methyl sites for hydroxylation is 2. The van der Waals surface area contributed by atoms with Gasteiger partial charge in [-0.05, 0) is 42.7 Å². The van der Waals surface area contributed by atoms with Gasteiger partial charge in [-0.1, -0.05) is 60.7 Å². The first kappa shape index (κ1) is 19.9. The summed E-state index contributed by atoms with van der Waals surface area (Å²) in [5.74, 6) is -0.649. The van der Waals surface area contributed by atoms with E-state index >= 15 is 0 Å². The number of sulfonamides is 1. The maximum Gasteiger partial charge on any atom is 0.270 e. The minimum atomic E-state index is -4.05. The number of benzene rings is 3. The molecule has 0 fully saturated rings. The van der Waals surface area contributed by atoms with Crippen molar-refractivity contribution in [3.63, 3.8) is 0 Å². The van der Waals surface area contributed by atoms with E-state index in [-0.39, 0.29) is 4.91 Å². The quantitative estimate of drug-likeness (QED) is 0.682. The van der Waals surface area contributed by atoms with Crippen LogP contribution in [-0.4, -0.2) is 21.4 Å². The van der Waals surface area contributed by atoms with Gasteiger partial charge < -0.3 is 5.32 Å². The number of fused-ring (bicyclic) bond motifs is 1. The summed E-state index contributed by atoms with van der Waals surface area (Å²) in [7, 11) is -2.58. The fourth-order valence-electron chi connectivity index (χ4n) is 3.65. The number of nitrogens with zero attached hydrogens (tertiary/aromatic N) is 1. The van der Waals surface area contributed by atoms with E-state index in [4.69, 9.17) is 0 Å². The third-order valence-corrected chi connectivity index (χ3v) is 7.09. The van der Waals surface area contributed by atoms with Crippen molar-refractivity contribution in [3.05, 3.63) is 100.0 Å². The largest absolute Gasteiger partial charge is 0.321 e. The molecule has 1 amide bonds. The molecule has 1 N–H and O–H groups in total. The molecule has 0 radical (unpaired) electrons. The van der Waals surface area contributed by atoms with Crippen molar-refractivity contribution in [2.45, 2.75) is 13.8 Å². The predicted octanol–water partition coefficient (Wildman–Crippen LogP) is 4.48. The molecule has 5 nitrogen and oxygen atoms in total. The molecule has 6 heteroatoms. The average Bonchev–Trinajstić information content (AvgIpc) is 2.73. The highest BCUT2D eigenvalue weighted by atomic mass is 32.2. The van der Waals surface area contributed by atoms with E-state index in [0.29, 0.717) is 28.1 Å². The number of nitrogens with one attached hydrogen (secondary N) is 1. The van der Waals surface area contributed by atoms with Crippen molar-refractivity contribution in [1.29, 1.82) is 0 Å². The Morgan fingerprint density at radius 3 is 2.30 bits per heavy atom. The third-order valence-electron chi connectivity index (χ3n) is 5.27. The van der Waals surface area contributed by atoms with Crippen LogP contribution in [0.2, 0.25) is 0 Å². The van der Waals surface area contributed by atoms with Crippen molar-refractivity contribution in [2.24, 2.45) is 0 Å². The molecule has 1 heterocycles. The second-order valence-corrected chi connectivity index (χ2v) is 9.24. The molecule has 0 atom stereocenters. The molecule has 0 saturated carbocycles. The summed E-state index contributed by atoms with van der Waals surface area (Å²) < 4.78 is 28.1. The Hall–Kier alpha value is -3.38. The van der Waals surface area contributed by atoms with E-state index in [1.807, 2.05) is 74.5 Å². The van der Waals surface area contributed by atoms with Crippen LogP contribution >= 0.6 is 0 Å². The predicted molar refractivity (Wildman–Crippen MR) is 121 cm³/mol. The normalized spacial score (nSPS) is 15.0. The monoisotopic (exact) mass is 418 g/mol. The number of carbonyl (C=O) groups is 1. The highest BCUT2D eigenvalue weighted by molar-refractivity contribution is 7.97. The van der Waals surface area contributed by atoms with Crippen LogP contribution in [0.5, 0.6) is 0 Å². The summed E-state index contributed by atoms with van der Waals surface area (Å²) in [5, 5.41) is 2.82. The van der Waals surface area contributed by atoms with Crippen molar-refractivity contribution in [3.8, 4) is 0 Å². The molecule has 0 bridgehead atoms. The van der Waals surface area contributed by atoms with Gasteiger partial charge in [0.05, 0.1) is 5.69 Å². The molecular weight excluding hydrogens is 396 g/mol. The average molecular weight is 419 g/mol. The summed E-state index contributed by atoms with van der Waals surface area (Å²) in [6.45, 7) is 3.80. The van der Waals surface area contributed by atoms with E-state index < -0.39 is 15.9 Å². The van der Waals surface area contributed by atoms with E-state index in [1.54, 1.807) is 12.1 Å². The van der Waals surface area contributed by atoms with Crippen molar-refractivity contribution in [1.82, 2.24) is 0 Å². The molecule has 0 saturated heterocycles. The van der Waals surface area contributed by atoms with Crippen LogP contribution in [0.25, 0.3) is 5.57 Å². The molecular formula is C24H22N2O3S. The Bertz CT molecular complexity index is 1280. The van der Waals surface area contributed by atoms with E-state index in [1.165, 1.54) is 11.4 Å². The topological polar surface area (TPSA) is 66.5 Å². The van der Waals surface area contributed by atoms with Gasteiger partial charge in [0.1, 0.15) is 0 Å². The fraction of sp³-hybridized carbons (Fsp3) is 0.125. The number of rotatable bonds is 3. The van der Waals surface area contributed by atoms with Gasteiger partial charge in [-0.2, -0.15) is 0 Å². The van der Waals surface area contributed by atoms with Gasteiger partial charge in [-0.25, -0.2) is 8.42 Å². The summed E-state index contributed by atoms with van der Waals surface area (Å²) in [5.41, 5.74) is 4.75. The number of para-hydroxylation sites is 1. The van der Waals surface area contributed by atoms with Crippen LogP contribution in [0.1, 0.15) is 22.3 Å². The number of hydrogen-bond acceptors (Lipinski definition) is 3. The molecule has 1 aliphatic rings. The molecule has 3 aromatic carbocycles. The first-order valence-corrected chi connectivity index (χ1v) is 11.0. The van der Waals surface area contributed by atoms with E-state index in [2.05, 4.69) is 5.32 Å². The van der Waals surface area contributed by atoms with Gasteiger partial charge in [0.2, 0.25) is 0 Å². The van der Waals surface area contributed by atoms with Crippen LogP contribution < -0.4 is 9.62 Å². The Balaban J connectivity index is 1.97. The molecule has 30 heavy (non-hydrogen) atoms. The number of hydrogen-bond donors (Lipinski definition) is 1. The highest BCUT2D eigenvalue weighted by Gasteiger charge is 2.39. The van der Waals surface area contributed by atoms with Crippen LogP contribution in [0.4, 0.5) is 11.4 Å². The smallest absolute Gasteiger partial charge is 0.270 e. The molecule has 0 spiro atoms. The van der Waals surface area contributed by atoms with Crippen molar-refractivity contribution >= 4 is 32.9 Å². The first-order chi connectivity index (χ1) is 14.3. The summed E-state index contributed by atoms with van der Waals surface area (Å²) in [4.78, 5) is 13.2. The van der Waals surface area contributed by atoms with Crippen molar-refractivity contribution < 1.29 is 13.2 Å². The Labute approximate surface area is 176 Å². The summed E-state index contributed by atoms with van der Waals surface area (Å²) >= 11 is 0. The second-order valence-electron chi connectivity index (χ2n) is 7.33. The Morgan fingerprint density at radius 2 is 1.57 bits per heavy atom. The van der Waals surface area contributed by atoms with Gasteiger partial charge >= 0.3 is 0 Å². The molecule has 0 aliphatic carbocycles. The van der Waals surface area contributed by atoms with Crippen LogP contribution in [0.15, 0.2) is 77.7 Å². The zero-order valence-corrected chi connectivity index (χ0v) is 17.8. The van der Waals surface area contributed by atoms with Crippen LogP contribution in [-0.2, 0) is 14.8 Å². The maximum atomic E-state index is 13.5. The molecule has 0 unspecified atom stereocenters. The second kappa shape index (κ2) is 7.46. The number of anilines is 2. The standard InChI is InChI=1S/C24H22N2O3S/c1-16-13-14-17(2)20(15-16)25-24(27)23-22(18-9-5-4-6-10-18)19-11-7-8-12-21(19)26(3)30(23,28)29/h4-15H,1-3H3,(H,25,27). The molecule has 3 aromatic rings.